The van der Waals surface area contributed by atoms with Crippen LogP contribution in [0.1, 0.15) is 45.4 Å². The summed E-state index contributed by atoms with van der Waals surface area (Å²) in [6.45, 7) is 6.90. The largest absolute Gasteiger partial charge is 0.347 e. The van der Waals surface area contributed by atoms with Crippen LogP contribution >= 0.6 is 0 Å². The zero-order valence-corrected chi connectivity index (χ0v) is 12.7. The molecule has 20 heavy (non-hydrogen) atoms. The Morgan fingerprint density at radius 1 is 1.15 bits per heavy atom. The summed E-state index contributed by atoms with van der Waals surface area (Å²) in [6.07, 6.45) is 5.91. The molecule has 0 unspecified atom stereocenters. The Labute approximate surface area is 122 Å². The molecule has 2 heterocycles. The fourth-order valence-electron chi connectivity index (χ4n) is 2.86. The summed E-state index contributed by atoms with van der Waals surface area (Å²) in [5.74, 6) is -0.129. The van der Waals surface area contributed by atoms with Crippen molar-refractivity contribution in [2.24, 2.45) is 0 Å². The number of likely N-dealkylation sites (tertiary alicyclic amines) is 1. The van der Waals surface area contributed by atoms with Crippen molar-refractivity contribution < 1.29 is 14.3 Å². The molecule has 5 heteroatoms. The maximum Gasteiger partial charge on any atom is 0.223 e. The third-order valence-electron chi connectivity index (χ3n) is 4.16. The molecule has 2 saturated heterocycles. The van der Waals surface area contributed by atoms with Gasteiger partial charge in [-0.3, -0.25) is 4.79 Å². The highest BCUT2D eigenvalue weighted by molar-refractivity contribution is 5.76. The van der Waals surface area contributed by atoms with Crippen molar-refractivity contribution in [3.8, 4) is 0 Å². The van der Waals surface area contributed by atoms with Crippen LogP contribution in [0.25, 0.3) is 0 Å². The zero-order chi connectivity index (χ0) is 14.3. The minimum atomic E-state index is -0.380. The third kappa shape index (κ3) is 4.43. The van der Waals surface area contributed by atoms with Crippen molar-refractivity contribution in [3.63, 3.8) is 0 Å². The summed E-state index contributed by atoms with van der Waals surface area (Å²) in [5, 5.41) is 3.34. The highest BCUT2D eigenvalue weighted by atomic mass is 16.7. The molecular formula is C15H28N2O3. The van der Waals surface area contributed by atoms with E-state index in [4.69, 9.17) is 9.47 Å². The molecule has 1 N–H and O–H groups in total. The highest BCUT2D eigenvalue weighted by Crippen LogP contribution is 2.31. The van der Waals surface area contributed by atoms with Gasteiger partial charge in [0, 0.05) is 38.9 Å². The van der Waals surface area contributed by atoms with Gasteiger partial charge in [-0.1, -0.05) is 19.8 Å². The Morgan fingerprint density at radius 2 is 1.85 bits per heavy atom. The van der Waals surface area contributed by atoms with Crippen LogP contribution in [0.2, 0.25) is 0 Å². The fraction of sp³-hybridized carbons (Fsp3) is 0.933. The second-order valence-corrected chi connectivity index (χ2v) is 5.70. The van der Waals surface area contributed by atoms with Gasteiger partial charge in [-0.25, -0.2) is 0 Å². The molecule has 0 radical (unpaired) electrons. The molecule has 0 aliphatic carbocycles. The predicted molar refractivity (Wildman–Crippen MR) is 77.5 cm³/mol. The van der Waals surface area contributed by atoms with Gasteiger partial charge in [0.15, 0.2) is 5.79 Å². The molecule has 0 saturated carbocycles. The first-order valence-electron chi connectivity index (χ1n) is 8.02. The van der Waals surface area contributed by atoms with Crippen molar-refractivity contribution >= 4 is 5.91 Å². The zero-order valence-electron chi connectivity index (χ0n) is 12.7. The number of unbranched alkanes of at least 4 members (excludes halogenated alkanes) is 2. The molecule has 0 bridgehead atoms. The highest BCUT2D eigenvalue weighted by Gasteiger charge is 2.40. The summed E-state index contributed by atoms with van der Waals surface area (Å²) in [4.78, 5) is 14.0. The van der Waals surface area contributed by atoms with Crippen LogP contribution < -0.4 is 5.32 Å². The lowest BCUT2D eigenvalue weighted by Crippen LogP contribution is -2.47. The first-order valence-corrected chi connectivity index (χ1v) is 8.02. The topological polar surface area (TPSA) is 50.8 Å². The standard InChI is InChI=1S/C15H28N2O3/c1-2-3-4-8-16-9-5-14(18)17-10-6-15(7-11-17)19-12-13-20-15/h16H,2-13H2,1H3. The predicted octanol–water partition coefficient (Wildman–Crippen LogP) is 1.52. The Kier molecular flexibility index (Phi) is 6.26. The smallest absolute Gasteiger partial charge is 0.223 e. The van der Waals surface area contributed by atoms with Crippen LogP contribution in [0.15, 0.2) is 0 Å². The Hall–Kier alpha value is -0.650. The first kappa shape index (κ1) is 15.7. The van der Waals surface area contributed by atoms with Crippen LogP contribution in [-0.4, -0.2) is 56.0 Å². The number of carbonyl (C=O) groups excluding carboxylic acids is 1. The van der Waals surface area contributed by atoms with Gasteiger partial charge in [0.25, 0.3) is 0 Å². The van der Waals surface area contributed by atoms with E-state index in [1.165, 1.54) is 19.3 Å². The van der Waals surface area contributed by atoms with E-state index >= 15 is 0 Å². The van der Waals surface area contributed by atoms with Crippen LogP contribution in [0, 0.1) is 0 Å². The third-order valence-corrected chi connectivity index (χ3v) is 4.16. The van der Waals surface area contributed by atoms with E-state index in [9.17, 15) is 4.79 Å². The molecule has 5 nitrogen and oxygen atoms in total. The van der Waals surface area contributed by atoms with Gasteiger partial charge in [-0.05, 0) is 13.0 Å². The SMILES string of the molecule is CCCCCNCCC(=O)N1CCC2(CC1)OCCO2. The van der Waals surface area contributed by atoms with E-state index in [0.29, 0.717) is 19.6 Å². The maximum absolute atomic E-state index is 12.1. The second kappa shape index (κ2) is 7.96. The quantitative estimate of drug-likeness (QED) is 0.720. The fourth-order valence-corrected chi connectivity index (χ4v) is 2.86. The van der Waals surface area contributed by atoms with Crippen molar-refractivity contribution in [3.05, 3.63) is 0 Å². The Balaban J connectivity index is 1.57. The average molecular weight is 284 g/mol. The van der Waals surface area contributed by atoms with Gasteiger partial charge in [0.05, 0.1) is 13.2 Å². The molecular weight excluding hydrogens is 256 g/mol. The van der Waals surface area contributed by atoms with Crippen molar-refractivity contribution in [2.45, 2.75) is 51.2 Å². The van der Waals surface area contributed by atoms with Gasteiger partial charge < -0.3 is 19.7 Å². The van der Waals surface area contributed by atoms with Crippen molar-refractivity contribution in [2.75, 3.05) is 39.4 Å². The van der Waals surface area contributed by atoms with E-state index in [0.717, 1.165) is 39.0 Å². The molecule has 0 aromatic carbocycles. The van der Waals surface area contributed by atoms with E-state index in [1.807, 2.05) is 4.90 Å². The number of hydrogen-bond donors (Lipinski definition) is 1. The Bertz CT molecular complexity index is 293. The lowest BCUT2D eigenvalue weighted by Gasteiger charge is -2.37. The number of ether oxygens (including phenoxy) is 2. The van der Waals surface area contributed by atoms with E-state index in [2.05, 4.69) is 12.2 Å². The summed E-state index contributed by atoms with van der Waals surface area (Å²) >= 11 is 0. The van der Waals surface area contributed by atoms with Gasteiger partial charge in [-0.2, -0.15) is 0 Å². The van der Waals surface area contributed by atoms with Gasteiger partial charge >= 0.3 is 0 Å². The molecule has 0 aromatic heterocycles. The first-order chi connectivity index (χ1) is 9.76. The normalized spacial score (nSPS) is 21.6. The van der Waals surface area contributed by atoms with Gasteiger partial charge in [0.2, 0.25) is 5.91 Å². The van der Waals surface area contributed by atoms with E-state index < -0.39 is 0 Å². The van der Waals surface area contributed by atoms with Crippen LogP contribution in [0.5, 0.6) is 0 Å². The number of hydrogen-bond acceptors (Lipinski definition) is 4. The average Bonchev–Trinajstić information content (AvgIpc) is 2.91. The van der Waals surface area contributed by atoms with Crippen LogP contribution in [0.4, 0.5) is 0 Å². The monoisotopic (exact) mass is 284 g/mol. The second-order valence-electron chi connectivity index (χ2n) is 5.70. The van der Waals surface area contributed by atoms with Crippen LogP contribution in [0.3, 0.4) is 0 Å². The summed E-state index contributed by atoms with van der Waals surface area (Å²) in [7, 11) is 0. The molecule has 0 aromatic rings. The molecule has 2 aliphatic rings. The molecule has 2 aliphatic heterocycles. The molecule has 1 spiro atoms. The number of rotatable bonds is 7. The summed E-state index contributed by atoms with van der Waals surface area (Å²) in [5.41, 5.74) is 0. The van der Waals surface area contributed by atoms with Gasteiger partial charge in [0.1, 0.15) is 0 Å². The molecule has 1 amide bonds. The van der Waals surface area contributed by atoms with Crippen molar-refractivity contribution in [1.29, 1.82) is 0 Å². The lowest BCUT2D eigenvalue weighted by molar-refractivity contribution is -0.187. The minimum Gasteiger partial charge on any atom is -0.347 e. The number of nitrogens with zero attached hydrogens (tertiary/aromatic N) is 1. The summed E-state index contributed by atoms with van der Waals surface area (Å²) < 4.78 is 11.3. The molecule has 0 atom stereocenters. The van der Waals surface area contributed by atoms with Gasteiger partial charge in [-0.15, -0.1) is 0 Å². The Morgan fingerprint density at radius 3 is 2.50 bits per heavy atom. The van der Waals surface area contributed by atoms with E-state index in [-0.39, 0.29) is 11.7 Å². The number of carbonyl (C=O) groups is 1. The number of piperidine rings is 1. The molecule has 2 fully saturated rings. The number of nitrogens with one attached hydrogen (secondary N) is 1. The van der Waals surface area contributed by atoms with E-state index in [1.54, 1.807) is 0 Å². The maximum atomic E-state index is 12.1. The molecule has 116 valence electrons. The lowest BCUT2D eigenvalue weighted by atomic mass is 10.0. The number of amides is 1. The van der Waals surface area contributed by atoms with Crippen LogP contribution in [-0.2, 0) is 14.3 Å². The minimum absolute atomic E-state index is 0.251. The van der Waals surface area contributed by atoms with Crippen molar-refractivity contribution in [1.82, 2.24) is 10.2 Å². The summed E-state index contributed by atoms with van der Waals surface area (Å²) in [6, 6.07) is 0. The molecule has 2 rings (SSSR count).